The first kappa shape index (κ1) is 20.5. The zero-order valence-electron chi connectivity index (χ0n) is 11.1. The highest BCUT2D eigenvalue weighted by molar-refractivity contribution is 9.10. The van der Waals surface area contributed by atoms with E-state index in [4.69, 9.17) is 9.84 Å². The summed E-state index contributed by atoms with van der Waals surface area (Å²) >= 11 is 3.10. The van der Waals surface area contributed by atoms with E-state index in [0.717, 1.165) is 0 Å². The van der Waals surface area contributed by atoms with Crippen molar-refractivity contribution in [2.24, 2.45) is 0 Å². The van der Waals surface area contributed by atoms with Gasteiger partial charge in [-0.05, 0) is 18.2 Å². The lowest BCUT2D eigenvalue weighted by molar-refractivity contribution is -0.139. The molecule has 0 fully saturated rings. The highest BCUT2D eigenvalue weighted by atomic mass is 79.9. The van der Waals surface area contributed by atoms with Gasteiger partial charge >= 0.3 is 11.9 Å². The lowest BCUT2D eigenvalue weighted by atomic mass is 9.94. The Bertz CT molecular complexity index is 615. The summed E-state index contributed by atoms with van der Waals surface area (Å²) < 4.78 is 4.18. The molecule has 2 N–H and O–H groups in total. The van der Waals surface area contributed by atoms with Gasteiger partial charge in [0.15, 0.2) is 0 Å². The first-order valence-corrected chi connectivity index (χ1v) is 6.52. The van der Waals surface area contributed by atoms with Gasteiger partial charge in [0.2, 0.25) is 0 Å². The molecule has 0 amide bonds. The summed E-state index contributed by atoms with van der Waals surface area (Å²) in [6.07, 6.45) is 2.46. The highest BCUT2D eigenvalue weighted by Gasteiger charge is 2.39. The van der Waals surface area contributed by atoms with Crippen molar-refractivity contribution in [3.63, 3.8) is 0 Å². The van der Waals surface area contributed by atoms with Crippen molar-refractivity contribution in [1.29, 1.82) is 0 Å². The number of para-hydroxylation sites is 1. The molecule has 120 valence electrons. The number of hydrogen-bond donors (Lipinski definition) is 2. The predicted molar refractivity (Wildman–Crippen MR) is 89.3 cm³/mol. The van der Waals surface area contributed by atoms with Gasteiger partial charge in [-0.25, -0.2) is 4.79 Å². The third kappa shape index (κ3) is 4.50. The monoisotopic (exact) mass is 410 g/mol. The summed E-state index contributed by atoms with van der Waals surface area (Å²) in [5.41, 5.74) is -0.0508. The minimum absolute atomic E-state index is 0. The standard InChI is InChI=1S/C14H11BrO5.2ClH/c15-14(13(18)19)7-6-10(12(16)17)11(8-14)20-9-4-2-1-3-5-9;;/h1-7H,8H2,(H,16,17)(H,18,19);2*1H. The summed E-state index contributed by atoms with van der Waals surface area (Å²) in [4.78, 5) is 22.4. The molecule has 1 unspecified atom stereocenters. The minimum Gasteiger partial charge on any atom is -0.480 e. The van der Waals surface area contributed by atoms with Crippen LogP contribution in [0.1, 0.15) is 6.42 Å². The van der Waals surface area contributed by atoms with Crippen molar-refractivity contribution in [2.75, 3.05) is 0 Å². The zero-order chi connectivity index (χ0) is 14.8. The van der Waals surface area contributed by atoms with Crippen molar-refractivity contribution < 1.29 is 24.5 Å². The number of alkyl halides is 1. The molecule has 5 nitrogen and oxygen atoms in total. The lowest BCUT2D eigenvalue weighted by Crippen LogP contribution is -2.33. The Kier molecular flexibility index (Phi) is 7.66. The molecule has 1 atom stereocenters. The molecule has 0 bridgehead atoms. The minimum atomic E-state index is -1.35. The molecule has 0 saturated carbocycles. The smallest absolute Gasteiger partial charge is 0.339 e. The topological polar surface area (TPSA) is 83.8 Å². The Morgan fingerprint density at radius 1 is 1.14 bits per heavy atom. The zero-order valence-corrected chi connectivity index (χ0v) is 14.3. The molecular weight excluding hydrogens is 399 g/mol. The van der Waals surface area contributed by atoms with Gasteiger partial charge in [-0.15, -0.1) is 24.8 Å². The van der Waals surface area contributed by atoms with Crippen molar-refractivity contribution >= 4 is 52.7 Å². The van der Waals surface area contributed by atoms with Crippen LogP contribution < -0.4 is 4.74 Å². The van der Waals surface area contributed by atoms with Gasteiger partial charge in [0, 0.05) is 6.42 Å². The van der Waals surface area contributed by atoms with Crippen LogP contribution in [-0.4, -0.2) is 26.5 Å². The average molecular weight is 412 g/mol. The molecule has 1 aromatic rings. The molecule has 0 radical (unpaired) electrons. The van der Waals surface area contributed by atoms with Crippen LogP contribution in [0, 0.1) is 0 Å². The third-order valence-corrected chi connectivity index (χ3v) is 3.69. The van der Waals surface area contributed by atoms with Gasteiger partial charge in [-0.2, -0.15) is 0 Å². The molecule has 1 aromatic carbocycles. The maximum Gasteiger partial charge on any atom is 0.339 e. The van der Waals surface area contributed by atoms with E-state index < -0.39 is 16.3 Å². The maximum atomic E-state index is 11.2. The third-order valence-electron chi connectivity index (χ3n) is 2.80. The van der Waals surface area contributed by atoms with Crippen LogP contribution in [0.5, 0.6) is 5.75 Å². The second-order valence-corrected chi connectivity index (χ2v) is 5.65. The van der Waals surface area contributed by atoms with Gasteiger partial charge < -0.3 is 14.9 Å². The van der Waals surface area contributed by atoms with Crippen LogP contribution in [0.4, 0.5) is 0 Å². The van der Waals surface area contributed by atoms with Gasteiger partial charge in [0.1, 0.15) is 15.8 Å². The number of aliphatic carboxylic acids is 2. The number of ether oxygens (including phenoxy) is 1. The molecule has 0 spiro atoms. The van der Waals surface area contributed by atoms with Crippen LogP contribution in [0.3, 0.4) is 0 Å². The summed E-state index contributed by atoms with van der Waals surface area (Å²) in [6, 6.07) is 8.62. The van der Waals surface area contributed by atoms with Gasteiger partial charge in [0.25, 0.3) is 0 Å². The quantitative estimate of drug-likeness (QED) is 0.741. The number of benzene rings is 1. The summed E-state index contributed by atoms with van der Waals surface area (Å²) in [7, 11) is 0. The molecule has 1 aliphatic carbocycles. The Hall–Kier alpha value is -1.50. The Labute approximate surface area is 147 Å². The summed E-state index contributed by atoms with van der Waals surface area (Å²) in [6.45, 7) is 0. The van der Waals surface area contributed by atoms with Crippen molar-refractivity contribution in [3.05, 3.63) is 53.8 Å². The number of carboxylic acid groups (broad SMARTS) is 2. The van der Waals surface area contributed by atoms with E-state index in [1.807, 2.05) is 0 Å². The molecule has 0 saturated heterocycles. The predicted octanol–water partition coefficient (Wildman–Crippen LogP) is 3.43. The van der Waals surface area contributed by atoms with E-state index >= 15 is 0 Å². The van der Waals surface area contributed by atoms with E-state index in [1.165, 1.54) is 12.2 Å². The molecule has 8 heteroatoms. The number of rotatable bonds is 4. The van der Waals surface area contributed by atoms with Crippen LogP contribution in [0.15, 0.2) is 53.8 Å². The molecular formula is C14H13BrCl2O5. The second-order valence-electron chi connectivity index (χ2n) is 4.23. The van der Waals surface area contributed by atoms with Crippen molar-refractivity contribution in [3.8, 4) is 5.75 Å². The van der Waals surface area contributed by atoms with E-state index in [0.29, 0.717) is 5.75 Å². The molecule has 1 aliphatic rings. The number of allylic oxidation sites excluding steroid dienone is 1. The largest absolute Gasteiger partial charge is 0.480 e. The van der Waals surface area contributed by atoms with Gasteiger partial charge in [-0.1, -0.05) is 40.2 Å². The summed E-state index contributed by atoms with van der Waals surface area (Å²) in [5, 5.41) is 18.3. The van der Waals surface area contributed by atoms with E-state index in [9.17, 15) is 14.7 Å². The average Bonchev–Trinajstić information content (AvgIpc) is 2.39. The fraction of sp³-hybridized carbons (Fsp3) is 0.143. The summed E-state index contributed by atoms with van der Waals surface area (Å²) in [5.74, 6) is -1.71. The molecule has 22 heavy (non-hydrogen) atoms. The van der Waals surface area contributed by atoms with E-state index in [2.05, 4.69) is 15.9 Å². The Balaban J connectivity index is 0.00000220. The van der Waals surface area contributed by atoms with E-state index in [-0.39, 0.29) is 42.6 Å². The molecule has 0 aromatic heterocycles. The fourth-order valence-corrected chi connectivity index (χ4v) is 2.14. The van der Waals surface area contributed by atoms with Crippen LogP contribution in [-0.2, 0) is 9.59 Å². The highest BCUT2D eigenvalue weighted by Crippen LogP contribution is 2.35. The second kappa shape index (κ2) is 8.22. The van der Waals surface area contributed by atoms with E-state index in [1.54, 1.807) is 30.3 Å². The number of hydrogen-bond acceptors (Lipinski definition) is 3. The molecule has 0 heterocycles. The fourth-order valence-electron chi connectivity index (χ4n) is 1.76. The lowest BCUT2D eigenvalue weighted by Gasteiger charge is -2.25. The number of carbonyl (C=O) groups is 2. The van der Waals surface area contributed by atoms with Gasteiger partial charge in [-0.3, -0.25) is 4.79 Å². The SMILES string of the molecule is Cl.Cl.O=C(O)C1=C(Oc2ccccc2)CC(Br)(C(=O)O)C=C1. The molecule has 0 aliphatic heterocycles. The van der Waals surface area contributed by atoms with Crippen LogP contribution in [0.25, 0.3) is 0 Å². The Morgan fingerprint density at radius 3 is 2.23 bits per heavy atom. The van der Waals surface area contributed by atoms with Crippen molar-refractivity contribution in [1.82, 2.24) is 0 Å². The first-order valence-electron chi connectivity index (χ1n) is 5.73. The first-order chi connectivity index (χ1) is 9.42. The Morgan fingerprint density at radius 2 is 1.73 bits per heavy atom. The van der Waals surface area contributed by atoms with Crippen LogP contribution in [0.2, 0.25) is 0 Å². The van der Waals surface area contributed by atoms with Crippen molar-refractivity contribution in [2.45, 2.75) is 10.7 Å². The normalized spacial score (nSPS) is 19.7. The molecule has 2 rings (SSSR count). The van der Waals surface area contributed by atoms with Crippen LogP contribution >= 0.6 is 40.7 Å². The number of carboxylic acids is 2. The number of halogens is 3. The maximum absolute atomic E-state index is 11.2. The van der Waals surface area contributed by atoms with Gasteiger partial charge in [0.05, 0.1) is 5.57 Å².